The van der Waals surface area contributed by atoms with Crippen LogP contribution in [0.25, 0.3) is 0 Å². The van der Waals surface area contributed by atoms with Crippen LogP contribution in [0.3, 0.4) is 0 Å². The molecule has 1 aromatic heterocycles. The minimum atomic E-state index is 0.251. The van der Waals surface area contributed by atoms with Gasteiger partial charge in [0.05, 0.1) is 0 Å². The maximum Gasteiger partial charge on any atom is 0.148 e. The summed E-state index contributed by atoms with van der Waals surface area (Å²) in [5, 5.41) is 19.7. The van der Waals surface area contributed by atoms with Gasteiger partial charge in [0.25, 0.3) is 0 Å². The highest BCUT2D eigenvalue weighted by Crippen LogP contribution is 2.08. The van der Waals surface area contributed by atoms with Crippen molar-refractivity contribution in [3.8, 4) is 0 Å². The van der Waals surface area contributed by atoms with E-state index in [4.69, 9.17) is 5.11 Å². The van der Waals surface area contributed by atoms with Gasteiger partial charge >= 0.3 is 0 Å². The summed E-state index contributed by atoms with van der Waals surface area (Å²) in [6, 6.07) is 3.74. The maximum atomic E-state index is 8.81. The van der Waals surface area contributed by atoms with E-state index in [-0.39, 0.29) is 6.61 Å². The number of anilines is 1. The quantitative estimate of drug-likeness (QED) is 0.718. The molecule has 0 spiro atoms. The van der Waals surface area contributed by atoms with Crippen LogP contribution in [-0.4, -0.2) is 28.5 Å². The lowest BCUT2D eigenvalue weighted by molar-refractivity contribution is 0.258. The maximum absolute atomic E-state index is 8.81. The number of rotatable bonds is 6. The van der Waals surface area contributed by atoms with Crippen molar-refractivity contribution in [2.75, 3.05) is 18.5 Å². The van der Waals surface area contributed by atoms with E-state index in [1.807, 2.05) is 12.1 Å². The number of hydrogen-bond donors (Lipinski definition) is 2. The van der Waals surface area contributed by atoms with Crippen molar-refractivity contribution < 1.29 is 5.11 Å². The number of aliphatic hydroxyl groups is 1. The van der Waals surface area contributed by atoms with E-state index >= 15 is 0 Å². The predicted molar refractivity (Wildman–Crippen MR) is 56.0 cm³/mol. The highest BCUT2D eigenvalue weighted by Gasteiger charge is 2.05. The topological polar surface area (TPSA) is 58.0 Å². The van der Waals surface area contributed by atoms with Gasteiger partial charge in [0.2, 0.25) is 0 Å². The van der Waals surface area contributed by atoms with Crippen molar-refractivity contribution in [2.24, 2.45) is 5.92 Å². The number of aliphatic hydroxyl groups excluding tert-OH is 1. The molecule has 0 aliphatic heterocycles. The molecule has 1 aromatic rings. The van der Waals surface area contributed by atoms with Gasteiger partial charge in [-0.05, 0) is 24.5 Å². The Morgan fingerprint density at radius 3 is 3.00 bits per heavy atom. The lowest BCUT2D eigenvalue weighted by Gasteiger charge is -2.13. The molecular formula is C10H17N3O. The smallest absolute Gasteiger partial charge is 0.148 e. The van der Waals surface area contributed by atoms with Gasteiger partial charge in [-0.25, -0.2) is 0 Å². The predicted octanol–water partition coefficient (Wildman–Crippen LogP) is 1.30. The number of nitrogens with zero attached hydrogens (tertiary/aromatic N) is 2. The average Bonchev–Trinajstić information content (AvgIpc) is 2.25. The fraction of sp³-hybridized carbons (Fsp3) is 0.600. The molecule has 1 atom stereocenters. The van der Waals surface area contributed by atoms with Crippen LogP contribution in [0.1, 0.15) is 19.8 Å². The van der Waals surface area contributed by atoms with Crippen LogP contribution >= 0.6 is 0 Å². The molecule has 1 heterocycles. The van der Waals surface area contributed by atoms with Crippen molar-refractivity contribution in [3.05, 3.63) is 18.3 Å². The van der Waals surface area contributed by atoms with Crippen LogP contribution in [0, 0.1) is 5.92 Å². The van der Waals surface area contributed by atoms with Crippen LogP contribution in [0.15, 0.2) is 18.3 Å². The Balaban J connectivity index is 2.32. The third-order valence-corrected chi connectivity index (χ3v) is 2.26. The Bertz CT molecular complexity index is 240. The molecule has 0 fully saturated rings. The summed E-state index contributed by atoms with van der Waals surface area (Å²) in [5.74, 6) is 1.30. The van der Waals surface area contributed by atoms with Gasteiger partial charge in [0, 0.05) is 19.3 Å². The minimum absolute atomic E-state index is 0.251. The lowest BCUT2D eigenvalue weighted by Crippen LogP contribution is -2.15. The van der Waals surface area contributed by atoms with Gasteiger partial charge in [-0.15, -0.1) is 5.10 Å². The summed E-state index contributed by atoms with van der Waals surface area (Å²) >= 11 is 0. The minimum Gasteiger partial charge on any atom is -0.396 e. The molecule has 78 valence electrons. The standard InChI is InChI=1S/C10H17N3O/c1-2-9(5-7-14)8-11-10-4-3-6-12-13-10/h3-4,6,9,14H,2,5,7-8H2,1H3,(H,11,13). The molecule has 14 heavy (non-hydrogen) atoms. The third-order valence-electron chi connectivity index (χ3n) is 2.26. The SMILES string of the molecule is CCC(CCO)CNc1cccnn1. The molecule has 0 aliphatic rings. The monoisotopic (exact) mass is 195 g/mol. The average molecular weight is 195 g/mol. The Morgan fingerprint density at radius 2 is 2.43 bits per heavy atom. The van der Waals surface area contributed by atoms with Gasteiger partial charge in [-0.3, -0.25) is 0 Å². The van der Waals surface area contributed by atoms with Crippen LogP contribution in [0.5, 0.6) is 0 Å². The van der Waals surface area contributed by atoms with Crippen LogP contribution in [-0.2, 0) is 0 Å². The van der Waals surface area contributed by atoms with E-state index in [1.165, 1.54) is 0 Å². The molecule has 0 aromatic carbocycles. The molecule has 0 amide bonds. The zero-order valence-corrected chi connectivity index (χ0v) is 8.48. The first-order valence-corrected chi connectivity index (χ1v) is 4.99. The highest BCUT2D eigenvalue weighted by atomic mass is 16.3. The zero-order valence-electron chi connectivity index (χ0n) is 8.48. The molecule has 0 radical (unpaired) electrons. The lowest BCUT2D eigenvalue weighted by atomic mass is 10.0. The molecule has 1 rings (SSSR count). The molecule has 1 unspecified atom stereocenters. The molecule has 0 saturated carbocycles. The van der Waals surface area contributed by atoms with Crippen LogP contribution in [0.4, 0.5) is 5.82 Å². The summed E-state index contributed by atoms with van der Waals surface area (Å²) in [5.41, 5.74) is 0. The number of aromatic nitrogens is 2. The second-order valence-electron chi connectivity index (χ2n) is 3.28. The molecular weight excluding hydrogens is 178 g/mol. The van der Waals surface area contributed by atoms with E-state index in [0.717, 1.165) is 25.2 Å². The summed E-state index contributed by atoms with van der Waals surface area (Å²) in [6.45, 7) is 3.22. The van der Waals surface area contributed by atoms with E-state index in [9.17, 15) is 0 Å². The molecule has 4 nitrogen and oxygen atoms in total. The molecule has 2 N–H and O–H groups in total. The van der Waals surface area contributed by atoms with E-state index in [1.54, 1.807) is 6.20 Å². The number of hydrogen-bond acceptors (Lipinski definition) is 4. The Kier molecular flexibility index (Phi) is 4.93. The van der Waals surface area contributed by atoms with Gasteiger partial charge in [0.15, 0.2) is 0 Å². The Hall–Kier alpha value is -1.16. The summed E-state index contributed by atoms with van der Waals surface area (Å²) in [4.78, 5) is 0. The molecule has 0 bridgehead atoms. The Morgan fingerprint density at radius 1 is 1.57 bits per heavy atom. The second kappa shape index (κ2) is 6.32. The van der Waals surface area contributed by atoms with Crippen molar-refractivity contribution >= 4 is 5.82 Å². The van der Waals surface area contributed by atoms with E-state index in [2.05, 4.69) is 22.4 Å². The first-order chi connectivity index (χ1) is 6.86. The summed E-state index contributed by atoms with van der Waals surface area (Å²) in [7, 11) is 0. The second-order valence-corrected chi connectivity index (χ2v) is 3.28. The first kappa shape index (κ1) is 10.9. The molecule has 4 heteroatoms. The Labute approximate surface area is 84.4 Å². The van der Waals surface area contributed by atoms with Crippen molar-refractivity contribution in [1.29, 1.82) is 0 Å². The van der Waals surface area contributed by atoms with E-state index < -0.39 is 0 Å². The zero-order chi connectivity index (χ0) is 10.2. The summed E-state index contributed by atoms with van der Waals surface area (Å²) in [6.07, 6.45) is 3.55. The van der Waals surface area contributed by atoms with Crippen molar-refractivity contribution in [1.82, 2.24) is 10.2 Å². The fourth-order valence-electron chi connectivity index (χ4n) is 1.28. The molecule has 0 aliphatic carbocycles. The van der Waals surface area contributed by atoms with Gasteiger partial charge in [-0.2, -0.15) is 5.10 Å². The van der Waals surface area contributed by atoms with E-state index in [0.29, 0.717) is 5.92 Å². The van der Waals surface area contributed by atoms with Gasteiger partial charge < -0.3 is 10.4 Å². The van der Waals surface area contributed by atoms with Crippen molar-refractivity contribution in [3.63, 3.8) is 0 Å². The summed E-state index contributed by atoms with van der Waals surface area (Å²) < 4.78 is 0. The van der Waals surface area contributed by atoms with Crippen LogP contribution < -0.4 is 5.32 Å². The molecule has 0 saturated heterocycles. The van der Waals surface area contributed by atoms with Gasteiger partial charge in [-0.1, -0.05) is 13.3 Å². The highest BCUT2D eigenvalue weighted by molar-refractivity contribution is 5.31. The first-order valence-electron chi connectivity index (χ1n) is 4.99. The fourth-order valence-corrected chi connectivity index (χ4v) is 1.28. The van der Waals surface area contributed by atoms with Crippen LogP contribution in [0.2, 0.25) is 0 Å². The normalized spacial score (nSPS) is 12.4. The van der Waals surface area contributed by atoms with Crippen molar-refractivity contribution in [2.45, 2.75) is 19.8 Å². The van der Waals surface area contributed by atoms with Gasteiger partial charge in [0.1, 0.15) is 5.82 Å². The largest absolute Gasteiger partial charge is 0.396 e. The number of nitrogens with one attached hydrogen (secondary N) is 1. The third kappa shape index (κ3) is 3.70.